The highest BCUT2D eigenvalue weighted by Gasteiger charge is 2.34. The highest BCUT2D eigenvalue weighted by Crippen LogP contribution is 2.32. The normalized spacial score (nSPS) is 18.8. The largest absolute Gasteiger partial charge is 0.487 e. The van der Waals surface area contributed by atoms with E-state index in [2.05, 4.69) is 15.2 Å². The first-order valence-electron chi connectivity index (χ1n) is 12.4. The fourth-order valence-corrected chi connectivity index (χ4v) is 5.66. The molecule has 0 fully saturated rings. The van der Waals surface area contributed by atoms with Crippen molar-refractivity contribution >= 4 is 27.6 Å². The number of benzene rings is 1. The van der Waals surface area contributed by atoms with Crippen molar-refractivity contribution in [1.29, 1.82) is 0 Å². The van der Waals surface area contributed by atoms with E-state index in [1.54, 1.807) is 18.9 Å². The molecule has 0 saturated carbocycles. The number of hydrogen-bond acceptors (Lipinski definition) is 8. The van der Waals surface area contributed by atoms with Crippen LogP contribution in [-0.4, -0.2) is 85.4 Å². The van der Waals surface area contributed by atoms with Gasteiger partial charge in [-0.05, 0) is 52.8 Å². The van der Waals surface area contributed by atoms with Gasteiger partial charge >= 0.3 is 6.03 Å². The number of sulfonamides is 1. The minimum Gasteiger partial charge on any atom is -0.487 e. The number of aromatic nitrogens is 1. The lowest BCUT2D eigenvalue weighted by atomic mass is 9.99. The van der Waals surface area contributed by atoms with Crippen molar-refractivity contribution in [1.82, 2.24) is 20.3 Å². The van der Waals surface area contributed by atoms with Crippen molar-refractivity contribution in [3.8, 4) is 5.75 Å². The summed E-state index contributed by atoms with van der Waals surface area (Å²) in [6.45, 7) is 10.7. The number of nitrogens with zero attached hydrogens (tertiary/aromatic N) is 3. The molecular formula is C25H37N5O7S. The number of likely N-dealkylation sites (N-methyl/N-ethyl adjacent to an activating group) is 1. The molecule has 0 bridgehead atoms. The number of carbonyl (C=O) groups excluding carboxylic acids is 2. The first kappa shape index (κ1) is 29.2. The fraction of sp³-hybridized carbons (Fsp3) is 0.560. The van der Waals surface area contributed by atoms with Gasteiger partial charge in [0.15, 0.2) is 10.7 Å². The highest BCUT2D eigenvalue weighted by atomic mass is 32.2. The molecule has 3 atom stereocenters. The van der Waals surface area contributed by atoms with Crippen molar-refractivity contribution in [2.24, 2.45) is 5.92 Å². The van der Waals surface area contributed by atoms with Gasteiger partial charge in [0.2, 0.25) is 0 Å². The summed E-state index contributed by atoms with van der Waals surface area (Å²) in [5, 5.41) is 16.4. The van der Waals surface area contributed by atoms with Crippen molar-refractivity contribution < 1.29 is 32.4 Å². The van der Waals surface area contributed by atoms with E-state index in [4.69, 9.17) is 9.26 Å². The Morgan fingerprint density at radius 2 is 1.97 bits per heavy atom. The Kier molecular flexibility index (Phi) is 8.93. The third-order valence-corrected chi connectivity index (χ3v) is 7.99. The number of nitrogens with one attached hydrogen (secondary N) is 2. The maximum absolute atomic E-state index is 13.6. The number of hydrogen-bond donors (Lipinski definition) is 3. The topological polar surface area (TPSA) is 154 Å². The highest BCUT2D eigenvalue weighted by molar-refractivity contribution is 7.92. The molecule has 210 valence electrons. The molecule has 0 aliphatic carbocycles. The number of rotatable bonds is 8. The number of urea groups is 1. The number of carbonyl (C=O) groups is 2. The summed E-state index contributed by atoms with van der Waals surface area (Å²) in [4.78, 5) is 29.1. The molecule has 2 heterocycles. The van der Waals surface area contributed by atoms with Gasteiger partial charge in [0, 0.05) is 31.2 Å². The lowest BCUT2D eigenvalue weighted by Crippen LogP contribution is -2.51. The zero-order valence-corrected chi connectivity index (χ0v) is 23.6. The predicted molar refractivity (Wildman–Crippen MR) is 141 cm³/mol. The first-order chi connectivity index (χ1) is 17.7. The summed E-state index contributed by atoms with van der Waals surface area (Å²) in [6, 6.07) is 3.65. The van der Waals surface area contributed by atoms with Gasteiger partial charge in [0.25, 0.3) is 15.9 Å². The Bertz CT molecular complexity index is 1260. The molecule has 0 saturated heterocycles. The second-order valence-electron chi connectivity index (χ2n) is 10.1. The van der Waals surface area contributed by atoms with Crippen LogP contribution >= 0.6 is 0 Å². The predicted octanol–water partition coefficient (Wildman–Crippen LogP) is 2.36. The van der Waals surface area contributed by atoms with Crippen LogP contribution in [0.1, 0.15) is 49.5 Å². The molecule has 3 N–H and O–H groups in total. The lowest BCUT2D eigenvalue weighted by molar-refractivity contribution is 0.0366. The van der Waals surface area contributed by atoms with E-state index in [0.717, 1.165) is 0 Å². The van der Waals surface area contributed by atoms with Crippen LogP contribution in [0, 0.1) is 19.8 Å². The second kappa shape index (κ2) is 11.6. The SMILES string of the molecule is Cc1noc(C)c1S(=O)(=O)Nc1ccc2c(c1)C(=O)N([C@H](C)CO)C[C@@H](C)[C@@H](CN(C)C(=O)NC(C)C)O2. The van der Waals surface area contributed by atoms with E-state index in [9.17, 15) is 23.1 Å². The quantitative estimate of drug-likeness (QED) is 0.452. The summed E-state index contributed by atoms with van der Waals surface area (Å²) in [5.74, 6) is -0.199. The minimum atomic E-state index is -4.04. The van der Waals surface area contributed by atoms with Crippen LogP contribution in [0.25, 0.3) is 0 Å². The Labute approximate surface area is 223 Å². The maximum Gasteiger partial charge on any atom is 0.317 e. The number of amides is 3. The number of ether oxygens (including phenoxy) is 1. The Hall–Kier alpha value is -3.32. The lowest BCUT2D eigenvalue weighted by Gasteiger charge is -2.38. The molecule has 3 amide bonds. The molecule has 1 aliphatic rings. The zero-order chi connectivity index (χ0) is 28.4. The third-order valence-electron chi connectivity index (χ3n) is 6.37. The van der Waals surface area contributed by atoms with Gasteiger partial charge < -0.3 is 29.5 Å². The number of anilines is 1. The zero-order valence-electron chi connectivity index (χ0n) is 22.8. The van der Waals surface area contributed by atoms with Crippen molar-refractivity contribution in [2.75, 3.05) is 31.5 Å². The van der Waals surface area contributed by atoms with Crippen LogP contribution < -0.4 is 14.8 Å². The van der Waals surface area contributed by atoms with E-state index in [1.165, 1.54) is 36.9 Å². The molecule has 3 rings (SSSR count). The van der Waals surface area contributed by atoms with Gasteiger partial charge in [-0.3, -0.25) is 9.52 Å². The van der Waals surface area contributed by atoms with Crippen LogP contribution in [0.5, 0.6) is 5.75 Å². The second-order valence-corrected chi connectivity index (χ2v) is 11.7. The first-order valence-corrected chi connectivity index (χ1v) is 13.9. The fourth-order valence-electron chi connectivity index (χ4n) is 4.28. The van der Waals surface area contributed by atoms with Crippen LogP contribution in [-0.2, 0) is 10.0 Å². The van der Waals surface area contributed by atoms with Gasteiger partial charge in [-0.15, -0.1) is 0 Å². The summed E-state index contributed by atoms with van der Waals surface area (Å²) >= 11 is 0. The monoisotopic (exact) mass is 551 g/mol. The average molecular weight is 552 g/mol. The van der Waals surface area contributed by atoms with Crippen LogP contribution in [0.4, 0.5) is 10.5 Å². The van der Waals surface area contributed by atoms with Gasteiger partial charge in [-0.25, -0.2) is 13.2 Å². The van der Waals surface area contributed by atoms with Crippen LogP contribution in [0.3, 0.4) is 0 Å². The van der Waals surface area contributed by atoms with Crippen LogP contribution in [0.15, 0.2) is 27.6 Å². The minimum absolute atomic E-state index is 0.0347. The van der Waals surface area contributed by atoms with E-state index >= 15 is 0 Å². The number of fused-ring (bicyclic) bond motifs is 1. The molecule has 1 aromatic heterocycles. The molecular weight excluding hydrogens is 514 g/mol. The molecule has 0 spiro atoms. The molecule has 1 aromatic carbocycles. The molecule has 2 aromatic rings. The average Bonchev–Trinajstić information content (AvgIpc) is 3.19. The summed E-state index contributed by atoms with van der Waals surface area (Å²) < 4.78 is 39.8. The van der Waals surface area contributed by atoms with Crippen molar-refractivity contribution in [3.63, 3.8) is 0 Å². The van der Waals surface area contributed by atoms with E-state index < -0.39 is 28.1 Å². The number of aliphatic hydroxyl groups is 1. The van der Waals surface area contributed by atoms with E-state index in [1.807, 2.05) is 20.8 Å². The maximum atomic E-state index is 13.6. The standard InChI is InChI=1S/C25H37N5O7S/c1-14(2)26-25(33)29(7)12-22-15(3)11-30(16(4)13-31)24(32)20-10-19(8-9-21(20)36-22)28-38(34,35)23-17(5)27-37-18(23)6/h8-10,14-16,22,28,31H,11-13H2,1-7H3,(H,26,33)/t15-,16-,22-/m1/s1. The smallest absolute Gasteiger partial charge is 0.317 e. The number of aliphatic hydroxyl groups excluding tert-OH is 1. The number of aryl methyl sites for hydroxylation is 2. The van der Waals surface area contributed by atoms with Gasteiger partial charge in [0.05, 0.1) is 24.8 Å². The molecule has 13 heteroatoms. The summed E-state index contributed by atoms with van der Waals surface area (Å²) in [5.41, 5.74) is 0.498. The Balaban J connectivity index is 1.98. The molecule has 0 radical (unpaired) electrons. The third kappa shape index (κ3) is 6.38. The molecule has 12 nitrogen and oxygen atoms in total. The summed E-state index contributed by atoms with van der Waals surface area (Å²) in [7, 11) is -2.38. The molecule has 1 aliphatic heterocycles. The van der Waals surface area contributed by atoms with Crippen molar-refractivity contribution in [2.45, 2.75) is 64.6 Å². The van der Waals surface area contributed by atoms with Gasteiger partial charge in [0.1, 0.15) is 17.5 Å². The van der Waals surface area contributed by atoms with Crippen LogP contribution in [0.2, 0.25) is 0 Å². The van der Waals surface area contributed by atoms with Gasteiger partial charge in [-0.1, -0.05) is 12.1 Å². The molecule has 0 unspecified atom stereocenters. The van der Waals surface area contributed by atoms with E-state index in [0.29, 0.717) is 0 Å². The molecule has 38 heavy (non-hydrogen) atoms. The Morgan fingerprint density at radius 3 is 2.55 bits per heavy atom. The van der Waals surface area contributed by atoms with Gasteiger partial charge in [-0.2, -0.15) is 0 Å². The summed E-state index contributed by atoms with van der Waals surface area (Å²) in [6.07, 6.45) is -0.483. The van der Waals surface area contributed by atoms with Crippen molar-refractivity contribution in [3.05, 3.63) is 35.2 Å². The Morgan fingerprint density at radius 1 is 1.29 bits per heavy atom. The van der Waals surface area contributed by atoms with E-state index in [-0.39, 0.29) is 71.0 Å².